The molecule has 0 spiro atoms. The molecule has 0 aliphatic carbocycles. The Balaban J connectivity index is 1.71. The fourth-order valence-electron chi connectivity index (χ4n) is 3.31. The maximum absolute atomic E-state index is 4.97. The molecule has 0 N–H and O–H groups in total. The monoisotopic (exact) mass is 384 g/mol. The number of hydrogen-bond donors (Lipinski definition) is 0. The van der Waals surface area contributed by atoms with Gasteiger partial charge < -0.3 is 4.90 Å². The largest absolute Gasteiger partial charge is 0.313 e. The van der Waals surface area contributed by atoms with Crippen molar-refractivity contribution in [2.24, 2.45) is 0 Å². The molecule has 4 aromatic rings. The number of benzene rings is 3. The van der Waals surface area contributed by atoms with Crippen molar-refractivity contribution >= 4 is 22.2 Å². The predicted octanol–water partition coefficient (Wildman–Crippen LogP) is 7.02. The minimum Gasteiger partial charge on any atom is -0.313 e. The Morgan fingerprint density at radius 3 is 2.21 bits per heavy atom. The van der Waals surface area contributed by atoms with E-state index in [4.69, 9.17) is 4.98 Å². The lowest BCUT2D eigenvalue weighted by Crippen LogP contribution is -2.17. The summed E-state index contributed by atoms with van der Waals surface area (Å²) in [5.74, 6) is 0. The molecule has 0 fully saturated rings. The molecule has 0 unspecified atom stereocenters. The lowest BCUT2D eigenvalue weighted by atomic mass is 10.1. The van der Waals surface area contributed by atoms with Crippen LogP contribution < -0.4 is 4.90 Å². The second kappa shape index (κ2) is 8.41. The van der Waals surface area contributed by atoms with Gasteiger partial charge in [-0.1, -0.05) is 79.7 Å². The third kappa shape index (κ3) is 4.00. The molecule has 0 amide bonds. The summed E-state index contributed by atoms with van der Waals surface area (Å²) in [5.41, 5.74) is 7.30. The summed E-state index contributed by atoms with van der Waals surface area (Å²) in [5, 5.41) is 3.17. The number of aromatic nitrogens is 1. The first-order chi connectivity index (χ1) is 13.7. The second-order valence-electron chi connectivity index (χ2n) is 6.92. The van der Waals surface area contributed by atoms with E-state index in [9.17, 15) is 0 Å². The first-order valence-electron chi connectivity index (χ1n) is 9.66. The molecule has 0 saturated carbocycles. The fourth-order valence-corrected chi connectivity index (χ4v) is 4.16. The van der Waals surface area contributed by atoms with Crippen LogP contribution in [0, 0.1) is 6.92 Å². The van der Waals surface area contributed by atoms with Crippen molar-refractivity contribution in [3.05, 3.63) is 101 Å². The Morgan fingerprint density at radius 2 is 1.50 bits per heavy atom. The zero-order chi connectivity index (χ0) is 19.3. The Morgan fingerprint density at radius 1 is 0.821 bits per heavy atom. The molecule has 0 saturated heterocycles. The number of aryl methyl sites for hydroxylation is 2. The van der Waals surface area contributed by atoms with E-state index in [1.165, 1.54) is 22.4 Å². The minimum absolute atomic E-state index is 0.802. The summed E-state index contributed by atoms with van der Waals surface area (Å²) in [6.07, 6.45) is 1.06. The molecule has 0 atom stereocenters. The highest BCUT2D eigenvalue weighted by Crippen LogP contribution is 2.35. The van der Waals surface area contributed by atoms with E-state index >= 15 is 0 Å². The number of thiazole rings is 1. The molecular weight excluding hydrogens is 360 g/mol. The SMILES string of the molecule is CCc1ccc(CN(c2nc(-c3ccccc3)cs2)c2ccccc2C)cc1. The fraction of sp³-hybridized carbons (Fsp3) is 0.160. The molecule has 3 heteroatoms. The first kappa shape index (κ1) is 18.5. The van der Waals surface area contributed by atoms with Crippen molar-refractivity contribution < 1.29 is 0 Å². The van der Waals surface area contributed by atoms with Gasteiger partial charge in [-0.3, -0.25) is 0 Å². The molecule has 1 heterocycles. The van der Waals surface area contributed by atoms with Gasteiger partial charge in [0.25, 0.3) is 0 Å². The third-order valence-electron chi connectivity index (χ3n) is 4.97. The molecule has 4 rings (SSSR count). The van der Waals surface area contributed by atoms with Gasteiger partial charge in [0, 0.05) is 16.6 Å². The molecule has 28 heavy (non-hydrogen) atoms. The average Bonchev–Trinajstić information content (AvgIpc) is 3.24. The Labute approximate surface area is 171 Å². The molecule has 3 aromatic carbocycles. The van der Waals surface area contributed by atoms with Crippen molar-refractivity contribution in [2.45, 2.75) is 26.8 Å². The highest BCUT2D eigenvalue weighted by molar-refractivity contribution is 7.14. The molecule has 140 valence electrons. The second-order valence-corrected chi connectivity index (χ2v) is 7.76. The number of para-hydroxylation sites is 1. The highest BCUT2D eigenvalue weighted by Gasteiger charge is 2.16. The maximum Gasteiger partial charge on any atom is 0.190 e. The van der Waals surface area contributed by atoms with Crippen LogP contribution in [-0.4, -0.2) is 4.98 Å². The standard InChI is InChI=1S/C25H24N2S/c1-3-20-13-15-21(16-14-20)17-27(24-12-8-7-9-19(24)2)25-26-23(18-28-25)22-10-5-4-6-11-22/h4-16,18H,3,17H2,1-2H3. The molecule has 0 aliphatic rings. The molecule has 1 aromatic heterocycles. The van der Waals surface area contributed by atoms with E-state index in [0.717, 1.165) is 29.4 Å². The van der Waals surface area contributed by atoms with E-state index in [-0.39, 0.29) is 0 Å². The number of nitrogens with zero attached hydrogens (tertiary/aromatic N) is 2. The van der Waals surface area contributed by atoms with Crippen molar-refractivity contribution in [1.29, 1.82) is 0 Å². The molecule has 0 aliphatic heterocycles. The molecule has 2 nitrogen and oxygen atoms in total. The summed E-state index contributed by atoms with van der Waals surface area (Å²) in [4.78, 5) is 7.30. The lowest BCUT2D eigenvalue weighted by Gasteiger charge is -2.24. The van der Waals surface area contributed by atoms with Gasteiger partial charge in [0.1, 0.15) is 0 Å². The van der Waals surface area contributed by atoms with Crippen molar-refractivity contribution in [1.82, 2.24) is 4.98 Å². The lowest BCUT2D eigenvalue weighted by molar-refractivity contribution is 0.957. The van der Waals surface area contributed by atoms with Crippen molar-refractivity contribution in [3.63, 3.8) is 0 Å². The summed E-state index contributed by atoms with van der Waals surface area (Å²) < 4.78 is 0. The van der Waals surface area contributed by atoms with Crippen LogP contribution in [0.4, 0.5) is 10.8 Å². The van der Waals surface area contributed by atoms with E-state index in [0.29, 0.717) is 0 Å². The van der Waals surface area contributed by atoms with Crippen LogP contribution in [0.3, 0.4) is 0 Å². The summed E-state index contributed by atoms with van der Waals surface area (Å²) in [6, 6.07) is 27.8. The van der Waals surface area contributed by atoms with E-state index in [1.54, 1.807) is 11.3 Å². The van der Waals surface area contributed by atoms with Gasteiger partial charge in [-0.2, -0.15) is 0 Å². The summed E-state index contributed by atoms with van der Waals surface area (Å²) in [7, 11) is 0. The van der Waals surface area contributed by atoms with E-state index < -0.39 is 0 Å². The quantitative estimate of drug-likeness (QED) is 0.355. The van der Waals surface area contributed by atoms with Crippen LogP contribution in [0.5, 0.6) is 0 Å². The predicted molar refractivity (Wildman–Crippen MR) is 120 cm³/mol. The summed E-state index contributed by atoms with van der Waals surface area (Å²) in [6.45, 7) is 5.15. The maximum atomic E-state index is 4.97. The van der Waals surface area contributed by atoms with E-state index in [2.05, 4.69) is 96.9 Å². The van der Waals surface area contributed by atoms with Gasteiger partial charge >= 0.3 is 0 Å². The van der Waals surface area contributed by atoms with Gasteiger partial charge in [-0.25, -0.2) is 4.98 Å². The molecule has 0 bridgehead atoms. The summed E-state index contributed by atoms with van der Waals surface area (Å²) >= 11 is 1.70. The average molecular weight is 385 g/mol. The molecule has 0 radical (unpaired) electrons. The van der Waals surface area contributed by atoms with Crippen molar-refractivity contribution in [2.75, 3.05) is 4.90 Å². The van der Waals surface area contributed by atoms with Crippen molar-refractivity contribution in [3.8, 4) is 11.3 Å². The highest BCUT2D eigenvalue weighted by atomic mass is 32.1. The van der Waals surface area contributed by atoms with E-state index in [1.807, 2.05) is 6.07 Å². The van der Waals surface area contributed by atoms with Crippen LogP contribution in [0.15, 0.2) is 84.2 Å². The number of hydrogen-bond acceptors (Lipinski definition) is 3. The van der Waals surface area contributed by atoms with Gasteiger partial charge in [0.15, 0.2) is 5.13 Å². The number of rotatable bonds is 6. The minimum atomic E-state index is 0.802. The van der Waals surface area contributed by atoms with Crippen LogP contribution in [0.2, 0.25) is 0 Å². The van der Waals surface area contributed by atoms with Crippen LogP contribution >= 0.6 is 11.3 Å². The molecular formula is C25H24N2S. The van der Waals surface area contributed by atoms with Gasteiger partial charge in [-0.05, 0) is 36.1 Å². The topological polar surface area (TPSA) is 16.1 Å². The Kier molecular flexibility index (Phi) is 5.54. The van der Waals surface area contributed by atoms with Gasteiger partial charge in [0.05, 0.1) is 12.2 Å². The van der Waals surface area contributed by atoms with Gasteiger partial charge in [-0.15, -0.1) is 11.3 Å². The van der Waals surface area contributed by atoms with Crippen LogP contribution in [0.1, 0.15) is 23.6 Å². The zero-order valence-corrected chi connectivity index (χ0v) is 17.1. The Hall–Kier alpha value is -2.91. The normalized spacial score (nSPS) is 10.8. The third-order valence-corrected chi connectivity index (χ3v) is 5.83. The zero-order valence-electron chi connectivity index (χ0n) is 16.3. The van der Waals surface area contributed by atoms with Crippen LogP contribution in [0.25, 0.3) is 11.3 Å². The number of anilines is 2. The van der Waals surface area contributed by atoms with Gasteiger partial charge in [0.2, 0.25) is 0 Å². The first-order valence-corrected chi connectivity index (χ1v) is 10.5. The van der Waals surface area contributed by atoms with Crippen LogP contribution in [-0.2, 0) is 13.0 Å². The smallest absolute Gasteiger partial charge is 0.190 e. The Bertz CT molecular complexity index is 1040.